The van der Waals surface area contributed by atoms with Crippen LogP contribution >= 0.6 is 0 Å². The molecular weight excluding hydrogens is 380 g/mol. The van der Waals surface area contributed by atoms with Crippen LogP contribution in [0.4, 0.5) is 11.4 Å². The molecule has 0 aliphatic heterocycles. The van der Waals surface area contributed by atoms with Crippen LogP contribution < -0.4 is 19.5 Å². The fraction of sp³-hybridized carbons (Fsp3) is 0.350. The van der Waals surface area contributed by atoms with Gasteiger partial charge in [0, 0.05) is 11.3 Å². The SMILES string of the molecule is CCCS(=O)(=O)Nc1cccc(NC(=O)c2ccc(OCC)c(OC)c2)c1C. The van der Waals surface area contributed by atoms with E-state index in [2.05, 4.69) is 10.0 Å². The van der Waals surface area contributed by atoms with Crippen LogP contribution in [-0.4, -0.2) is 33.8 Å². The third-order valence-electron chi connectivity index (χ3n) is 4.05. The first kappa shape index (κ1) is 21.6. The van der Waals surface area contributed by atoms with Gasteiger partial charge in [0.25, 0.3) is 5.91 Å². The van der Waals surface area contributed by atoms with Crippen molar-refractivity contribution in [3.63, 3.8) is 0 Å². The van der Waals surface area contributed by atoms with Gasteiger partial charge in [-0.2, -0.15) is 0 Å². The number of carbonyl (C=O) groups is 1. The summed E-state index contributed by atoms with van der Waals surface area (Å²) in [6, 6.07) is 9.99. The van der Waals surface area contributed by atoms with Crippen LogP contribution in [0.1, 0.15) is 36.2 Å². The Bertz CT molecular complexity index is 942. The monoisotopic (exact) mass is 406 g/mol. The first-order valence-corrected chi connectivity index (χ1v) is 10.7. The summed E-state index contributed by atoms with van der Waals surface area (Å²) in [7, 11) is -1.91. The maximum atomic E-state index is 12.7. The van der Waals surface area contributed by atoms with Crippen LogP contribution in [0.15, 0.2) is 36.4 Å². The van der Waals surface area contributed by atoms with Crippen molar-refractivity contribution in [2.24, 2.45) is 0 Å². The van der Waals surface area contributed by atoms with Crippen molar-refractivity contribution >= 4 is 27.3 Å². The number of amides is 1. The highest BCUT2D eigenvalue weighted by molar-refractivity contribution is 7.92. The third-order valence-corrected chi connectivity index (χ3v) is 5.52. The molecule has 0 spiro atoms. The predicted molar refractivity (Wildman–Crippen MR) is 111 cm³/mol. The standard InChI is InChI=1S/C20H26N2O5S/c1-5-12-28(24,25)22-17-9-7-8-16(14(17)3)21-20(23)15-10-11-18(27-6-2)19(13-15)26-4/h7-11,13,22H,5-6,12H2,1-4H3,(H,21,23). The van der Waals surface area contributed by atoms with Crippen LogP contribution in [0.5, 0.6) is 11.5 Å². The van der Waals surface area contributed by atoms with Gasteiger partial charge in [0.2, 0.25) is 10.0 Å². The summed E-state index contributed by atoms with van der Waals surface area (Å²) in [6.45, 7) is 5.90. The van der Waals surface area contributed by atoms with Gasteiger partial charge in [-0.15, -0.1) is 0 Å². The largest absolute Gasteiger partial charge is 0.493 e. The van der Waals surface area contributed by atoms with E-state index >= 15 is 0 Å². The van der Waals surface area contributed by atoms with Gasteiger partial charge in [-0.1, -0.05) is 13.0 Å². The van der Waals surface area contributed by atoms with E-state index in [0.29, 0.717) is 47.0 Å². The molecule has 0 heterocycles. The van der Waals surface area contributed by atoms with Crippen molar-refractivity contribution in [2.45, 2.75) is 27.2 Å². The average Bonchev–Trinajstić information content (AvgIpc) is 2.65. The molecule has 0 atom stereocenters. The van der Waals surface area contributed by atoms with Gasteiger partial charge in [0.1, 0.15) is 0 Å². The lowest BCUT2D eigenvalue weighted by atomic mass is 10.1. The molecule has 0 saturated carbocycles. The Hall–Kier alpha value is -2.74. The molecule has 0 bridgehead atoms. The number of nitrogens with one attached hydrogen (secondary N) is 2. The highest BCUT2D eigenvalue weighted by Crippen LogP contribution is 2.29. The molecule has 0 radical (unpaired) electrons. The number of anilines is 2. The van der Waals surface area contributed by atoms with E-state index in [-0.39, 0.29) is 11.7 Å². The van der Waals surface area contributed by atoms with Crippen LogP contribution in [-0.2, 0) is 10.0 Å². The van der Waals surface area contributed by atoms with E-state index < -0.39 is 10.0 Å². The Labute approximate surface area is 166 Å². The van der Waals surface area contributed by atoms with E-state index in [0.717, 1.165) is 0 Å². The lowest BCUT2D eigenvalue weighted by molar-refractivity contribution is 0.102. The number of rotatable bonds is 9. The first-order valence-electron chi connectivity index (χ1n) is 9.03. The van der Waals surface area contributed by atoms with Crippen molar-refractivity contribution in [3.8, 4) is 11.5 Å². The molecule has 0 aromatic heterocycles. The van der Waals surface area contributed by atoms with Crippen LogP contribution in [0.25, 0.3) is 0 Å². The van der Waals surface area contributed by atoms with Gasteiger partial charge in [0.05, 0.1) is 25.2 Å². The minimum absolute atomic E-state index is 0.0367. The first-order chi connectivity index (χ1) is 13.3. The zero-order valence-electron chi connectivity index (χ0n) is 16.5. The Morgan fingerprint density at radius 1 is 1.07 bits per heavy atom. The maximum absolute atomic E-state index is 12.7. The number of carbonyl (C=O) groups excluding carboxylic acids is 1. The summed E-state index contributed by atoms with van der Waals surface area (Å²) in [4.78, 5) is 12.7. The zero-order chi connectivity index (χ0) is 20.7. The number of methoxy groups -OCH3 is 1. The molecule has 0 aliphatic carbocycles. The summed E-state index contributed by atoms with van der Waals surface area (Å²) in [5.41, 5.74) is 2.00. The quantitative estimate of drug-likeness (QED) is 0.660. The molecular formula is C20H26N2O5S. The summed E-state index contributed by atoms with van der Waals surface area (Å²) < 4.78 is 37.4. The smallest absolute Gasteiger partial charge is 0.255 e. The molecule has 2 aromatic rings. The van der Waals surface area contributed by atoms with E-state index in [1.807, 2.05) is 6.92 Å². The van der Waals surface area contributed by atoms with Crippen molar-refractivity contribution in [1.29, 1.82) is 0 Å². The van der Waals surface area contributed by atoms with Gasteiger partial charge in [0.15, 0.2) is 11.5 Å². The lowest BCUT2D eigenvalue weighted by Crippen LogP contribution is -2.18. The molecule has 2 N–H and O–H groups in total. The second-order valence-corrected chi connectivity index (χ2v) is 7.99. The molecule has 8 heteroatoms. The van der Waals surface area contributed by atoms with E-state index in [1.54, 1.807) is 50.2 Å². The van der Waals surface area contributed by atoms with Crippen molar-refractivity contribution in [1.82, 2.24) is 0 Å². The molecule has 0 unspecified atom stereocenters. The second kappa shape index (κ2) is 9.45. The Morgan fingerprint density at radius 3 is 2.43 bits per heavy atom. The highest BCUT2D eigenvalue weighted by Gasteiger charge is 2.15. The van der Waals surface area contributed by atoms with Gasteiger partial charge in [-0.25, -0.2) is 8.42 Å². The van der Waals surface area contributed by atoms with Gasteiger partial charge in [-0.05, 0) is 56.2 Å². The Morgan fingerprint density at radius 2 is 1.79 bits per heavy atom. The normalized spacial score (nSPS) is 11.0. The minimum Gasteiger partial charge on any atom is -0.493 e. The molecule has 152 valence electrons. The van der Waals surface area contributed by atoms with Gasteiger partial charge >= 0.3 is 0 Å². The van der Waals surface area contributed by atoms with Crippen LogP contribution in [0.2, 0.25) is 0 Å². The number of sulfonamides is 1. The Balaban J connectivity index is 2.24. The molecule has 28 heavy (non-hydrogen) atoms. The lowest BCUT2D eigenvalue weighted by Gasteiger charge is -2.15. The van der Waals surface area contributed by atoms with E-state index in [1.165, 1.54) is 7.11 Å². The predicted octanol–water partition coefficient (Wildman–Crippen LogP) is 3.81. The van der Waals surface area contributed by atoms with Crippen LogP contribution in [0.3, 0.4) is 0 Å². The van der Waals surface area contributed by atoms with Gasteiger partial charge < -0.3 is 14.8 Å². The van der Waals surface area contributed by atoms with E-state index in [4.69, 9.17) is 9.47 Å². The number of ether oxygens (including phenoxy) is 2. The fourth-order valence-electron chi connectivity index (χ4n) is 2.65. The summed E-state index contributed by atoms with van der Waals surface area (Å²) >= 11 is 0. The van der Waals surface area contributed by atoms with Crippen molar-refractivity contribution in [3.05, 3.63) is 47.5 Å². The topological polar surface area (TPSA) is 93.7 Å². The van der Waals surface area contributed by atoms with Crippen LogP contribution in [0, 0.1) is 6.92 Å². The highest BCUT2D eigenvalue weighted by atomic mass is 32.2. The average molecular weight is 407 g/mol. The summed E-state index contributed by atoms with van der Waals surface area (Å²) in [5.74, 6) is 0.727. The van der Waals surface area contributed by atoms with E-state index in [9.17, 15) is 13.2 Å². The second-order valence-electron chi connectivity index (χ2n) is 6.15. The molecule has 1 amide bonds. The summed E-state index contributed by atoms with van der Waals surface area (Å²) in [5, 5.41) is 2.82. The number of hydrogen-bond donors (Lipinski definition) is 2. The fourth-order valence-corrected chi connectivity index (χ4v) is 3.84. The van der Waals surface area contributed by atoms with Gasteiger partial charge in [-0.3, -0.25) is 9.52 Å². The maximum Gasteiger partial charge on any atom is 0.255 e. The molecule has 0 saturated heterocycles. The Kier molecular flexibility index (Phi) is 7.28. The molecule has 2 aromatic carbocycles. The zero-order valence-corrected chi connectivity index (χ0v) is 17.4. The molecule has 7 nitrogen and oxygen atoms in total. The molecule has 0 fully saturated rings. The number of benzene rings is 2. The summed E-state index contributed by atoms with van der Waals surface area (Å²) in [6.07, 6.45) is 0.518. The van der Waals surface area contributed by atoms with Crippen molar-refractivity contribution in [2.75, 3.05) is 29.5 Å². The minimum atomic E-state index is -3.42. The van der Waals surface area contributed by atoms with Crippen molar-refractivity contribution < 1.29 is 22.7 Å². The number of hydrogen-bond acceptors (Lipinski definition) is 5. The molecule has 2 rings (SSSR count). The molecule has 0 aliphatic rings. The third kappa shape index (κ3) is 5.39.